The Kier molecular flexibility index (Phi) is 4.91. The Bertz CT molecular complexity index is 486. The van der Waals surface area contributed by atoms with Crippen molar-refractivity contribution in [1.29, 1.82) is 0 Å². The highest BCUT2D eigenvalue weighted by atomic mass is 16.5. The van der Waals surface area contributed by atoms with E-state index >= 15 is 0 Å². The minimum Gasteiger partial charge on any atom is -0.487 e. The molecule has 0 amide bonds. The van der Waals surface area contributed by atoms with Gasteiger partial charge in [-0.3, -0.25) is 0 Å². The van der Waals surface area contributed by atoms with Crippen molar-refractivity contribution in [1.82, 2.24) is 5.32 Å². The first-order chi connectivity index (χ1) is 9.82. The number of hydrogen-bond donors (Lipinski definition) is 3. The summed E-state index contributed by atoms with van der Waals surface area (Å²) < 4.78 is 6.13. The number of nitrogens with one attached hydrogen (secondary N) is 1. The monoisotopic (exact) mass is 292 g/mol. The van der Waals surface area contributed by atoms with Crippen molar-refractivity contribution < 1.29 is 9.84 Å². The molecular weight excluding hydrogens is 264 g/mol. The predicted molar refractivity (Wildman–Crippen MR) is 85.5 cm³/mol. The van der Waals surface area contributed by atoms with E-state index in [9.17, 15) is 5.11 Å². The zero-order valence-electron chi connectivity index (χ0n) is 13.5. The topological polar surface area (TPSA) is 67.5 Å². The van der Waals surface area contributed by atoms with Crippen LogP contribution in [-0.4, -0.2) is 29.4 Å². The summed E-state index contributed by atoms with van der Waals surface area (Å²) in [5.74, 6) is 0.981. The van der Waals surface area contributed by atoms with Gasteiger partial charge in [0.15, 0.2) is 0 Å². The summed E-state index contributed by atoms with van der Waals surface area (Å²) in [5, 5.41) is 13.0. The lowest BCUT2D eigenvalue weighted by molar-refractivity contribution is 0.136. The molecule has 0 aromatic heterocycles. The molecule has 4 nitrogen and oxygen atoms in total. The second kappa shape index (κ2) is 6.34. The number of rotatable bonds is 6. The van der Waals surface area contributed by atoms with Gasteiger partial charge in [0.2, 0.25) is 0 Å². The van der Waals surface area contributed by atoms with E-state index < -0.39 is 0 Å². The van der Waals surface area contributed by atoms with Crippen LogP contribution in [0.15, 0.2) is 18.2 Å². The van der Waals surface area contributed by atoms with Gasteiger partial charge in [-0.25, -0.2) is 0 Å². The van der Waals surface area contributed by atoms with Gasteiger partial charge >= 0.3 is 0 Å². The van der Waals surface area contributed by atoms with E-state index in [0.717, 1.165) is 17.7 Å². The van der Waals surface area contributed by atoms with Crippen LogP contribution >= 0.6 is 0 Å². The molecule has 1 heterocycles. The first-order valence-corrected chi connectivity index (χ1v) is 7.77. The molecule has 0 saturated heterocycles. The zero-order chi connectivity index (χ0) is 15.6. The summed E-state index contributed by atoms with van der Waals surface area (Å²) in [5.41, 5.74) is 8.19. The summed E-state index contributed by atoms with van der Waals surface area (Å²) in [6.45, 7) is 8.60. The number of hydrogen-bond acceptors (Lipinski definition) is 4. The van der Waals surface area contributed by atoms with Gasteiger partial charge in [0, 0.05) is 30.6 Å². The van der Waals surface area contributed by atoms with E-state index in [-0.39, 0.29) is 23.8 Å². The first kappa shape index (κ1) is 16.3. The summed E-state index contributed by atoms with van der Waals surface area (Å²) >= 11 is 0. The molecule has 1 aromatic carbocycles. The molecule has 0 aliphatic carbocycles. The SMILES string of the molecule is CC(O)CC(C)NC(CN)c1cccc2c1OC(C)(C)C2. The van der Waals surface area contributed by atoms with E-state index in [0.29, 0.717) is 13.0 Å². The van der Waals surface area contributed by atoms with E-state index in [1.54, 1.807) is 0 Å². The smallest absolute Gasteiger partial charge is 0.128 e. The number of aliphatic hydroxyl groups is 1. The van der Waals surface area contributed by atoms with Crippen molar-refractivity contribution in [3.63, 3.8) is 0 Å². The van der Waals surface area contributed by atoms with Gasteiger partial charge in [-0.05, 0) is 39.7 Å². The Balaban J connectivity index is 2.19. The van der Waals surface area contributed by atoms with Crippen molar-refractivity contribution in [2.45, 2.75) is 64.3 Å². The van der Waals surface area contributed by atoms with Crippen LogP contribution in [0, 0.1) is 0 Å². The third-order valence-electron chi connectivity index (χ3n) is 3.91. The zero-order valence-corrected chi connectivity index (χ0v) is 13.5. The van der Waals surface area contributed by atoms with E-state index in [1.165, 1.54) is 5.56 Å². The number of ether oxygens (including phenoxy) is 1. The fraction of sp³-hybridized carbons (Fsp3) is 0.647. The normalized spacial score (nSPS) is 20.5. The molecule has 0 bridgehead atoms. The van der Waals surface area contributed by atoms with Crippen LogP contribution < -0.4 is 15.8 Å². The highest BCUT2D eigenvalue weighted by Gasteiger charge is 2.33. The quantitative estimate of drug-likeness (QED) is 0.751. The minimum atomic E-state index is -0.317. The standard InChI is InChI=1S/C17H28N2O2/c1-11(8-12(2)20)19-15(10-18)14-7-5-6-13-9-17(3,4)21-16(13)14/h5-7,11-12,15,19-20H,8-10,18H2,1-4H3. The van der Waals surface area contributed by atoms with Gasteiger partial charge in [-0.2, -0.15) is 0 Å². The summed E-state index contributed by atoms with van der Waals surface area (Å²) in [4.78, 5) is 0. The number of aliphatic hydroxyl groups excluding tert-OH is 1. The fourth-order valence-electron chi connectivity index (χ4n) is 3.12. The second-order valence-corrected chi connectivity index (χ2v) is 6.81. The van der Waals surface area contributed by atoms with Crippen LogP contribution in [0.1, 0.15) is 51.3 Å². The fourth-order valence-corrected chi connectivity index (χ4v) is 3.12. The van der Waals surface area contributed by atoms with Crippen LogP contribution in [0.5, 0.6) is 5.75 Å². The maximum Gasteiger partial charge on any atom is 0.128 e. The van der Waals surface area contributed by atoms with E-state index in [2.05, 4.69) is 44.3 Å². The molecule has 3 unspecified atom stereocenters. The number of benzene rings is 1. The Morgan fingerprint density at radius 1 is 1.38 bits per heavy atom. The van der Waals surface area contributed by atoms with Crippen molar-refractivity contribution in [2.75, 3.05) is 6.54 Å². The van der Waals surface area contributed by atoms with Crippen LogP contribution in [0.4, 0.5) is 0 Å². The Morgan fingerprint density at radius 2 is 2.10 bits per heavy atom. The van der Waals surface area contributed by atoms with Crippen LogP contribution in [0.3, 0.4) is 0 Å². The molecule has 0 fully saturated rings. The molecular formula is C17H28N2O2. The average Bonchev–Trinajstić information content (AvgIpc) is 2.68. The maximum atomic E-state index is 9.51. The maximum absolute atomic E-state index is 9.51. The lowest BCUT2D eigenvalue weighted by atomic mass is 9.97. The Hall–Kier alpha value is -1.10. The molecule has 3 atom stereocenters. The molecule has 1 aliphatic heterocycles. The molecule has 0 saturated carbocycles. The van der Waals surface area contributed by atoms with Crippen molar-refractivity contribution in [3.8, 4) is 5.75 Å². The van der Waals surface area contributed by atoms with Crippen molar-refractivity contribution in [2.24, 2.45) is 5.73 Å². The van der Waals surface area contributed by atoms with Gasteiger partial charge in [0.05, 0.1) is 6.10 Å². The van der Waals surface area contributed by atoms with Crippen molar-refractivity contribution in [3.05, 3.63) is 29.3 Å². The molecule has 1 aliphatic rings. The summed E-state index contributed by atoms with van der Waals surface area (Å²) in [6, 6.07) is 6.52. The molecule has 0 spiro atoms. The highest BCUT2D eigenvalue weighted by Crippen LogP contribution is 2.39. The van der Waals surface area contributed by atoms with Gasteiger partial charge in [0.1, 0.15) is 11.4 Å². The molecule has 0 radical (unpaired) electrons. The third kappa shape index (κ3) is 3.96. The number of fused-ring (bicyclic) bond motifs is 1. The molecule has 4 N–H and O–H groups in total. The Morgan fingerprint density at radius 3 is 2.71 bits per heavy atom. The summed E-state index contributed by atoms with van der Waals surface area (Å²) in [6.07, 6.45) is 1.32. The van der Waals surface area contributed by atoms with Gasteiger partial charge in [0.25, 0.3) is 0 Å². The highest BCUT2D eigenvalue weighted by molar-refractivity contribution is 5.47. The lowest BCUT2D eigenvalue weighted by Crippen LogP contribution is -2.37. The van der Waals surface area contributed by atoms with Gasteiger partial charge < -0.3 is 20.9 Å². The Labute approximate surface area is 127 Å². The minimum absolute atomic E-state index is 0.0441. The largest absolute Gasteiger partial charge is 0.487 e. The summed E-state index contributed by atoms with van der Waals surface area (Å²) in [7, 11) is 0. The molecule has 21 heavy (non-hydrogen) atoms. The van der Waals surface area contributed by atoms with Crippen LogP contribution in [0.25, 0.3) is 0 Å². The van der Waals surface area contributed by atoms with Gasteiger partial charge in [-0.1, -0.05) is 18.2 Å². The van der Waals surface area contributed by atoms with Crippen molar-refractivity contribution >= 4 is 0 Å². The number of nitrogens with two attached hydrogens (primary N) is 1. The second-order valence-electron chi connectivity index (χ2n) is 6.81. The molecule has 118 valence electrons. The van der Waals surface area contributed by atoms with Crippen LogP contribution in [0.2, 0.25) is 0 Å². The molecule has 1 aromatic rings. The van der Waals surface area contributed by atoms with E-state index in [4.69, 9.17) is 10.5 Å². The average molecular weight is 292 g/mol. The number of para-hydroxylation sites is 1. The van der Waals surface area contributed by atoms with E-state index in [1.807, 2.05) is 6.92 Å². The lowest BCUT2D eigenvalue weighted by Gasteiger charge is -2.26. The first-order valence-electron chi connectivity index (χ1n) is 7.77. The predicted octanol–water partition coefficient (Wildman–Crippen LogP) is 2.15. The molecule has 4 heteroatoms. The molecule has 2 rings (SSSR count). The van der Waals surface area contributed by atoms with Crippen LogP contribution in [-0.2, 0) is 6.42 Å². The third-order valence-corrected chi connectivity index (χ3v) is 3.91. The van der Waals surface area contributed by atoms with Gasteiger partial charge in [-0.15, -0.1) is 0 Å².